The van der Waals surface area contributed by atoms with Crippen LogP contribution in [0.4, 0.5) is 10.1 Å². The van der Waals surface area contributed by atoms with Gasteiger partial charge in [0.2, 0.25) is 5.91 Å². The number of hydrogen-bond acceptors (Lipinski definition) is 3. The normalized spacial score (nSPS) is 20.5. The van der Waals surface area contributed by atoms with E-state index in [0.29, 0.717) is 11.5 Å². The van der Waals surface area contributed by atoms with Crippen LogP contribution in [-0.2, 0) is 4.79 Å². The maximum atomic E-state index is 14.2. The molecule has 1 amide bonds. The number of hydrogen-bond donors (Lipinski definition) is 1. The number of anilines is 1. The number of carbonyl (C=O) groups excluding carboxylic acids is 1. The van der Waals surface area contributed by atoms with Crippen molar-refractivity contribution < 1.29 is 9.18 Å². The van der Waals surface area contributed by atoms with E-state index in [2.05, 4.69) is 36.2 Å². The van der Waals surface area contributed by atoms with Gasteiger partial charge < -0.3 is 4.90 Å². The van der Waals surface area contributed by atoms with Crippen LogP contribution in [0.1, 0.15) is 51.2 Å². The van der Waals surface area contributed by atoms with Crippen LogP contribution in [0.25, 0.3) is 0 Å². The van der Waals surface area contributed by atoms with Gasteiger partial charge in [-0.3, -0.25) is 4.79 Å². The molecule has 1 heterocycles. The molecule has 21 heavy (non-hydrogen) atoms. The Morgan fingerprint density at radius 2 is 2.19 bits per heavy atom. The molecule has 0 radical (unpaired) electrons. The molecular weight excluding hydrogens is 269 g/mol. The van der Waals surface area contributed by atoms with Crippen molar-refractivity contribution in [1.82, 2.24) is 5.43 Å². The van der Waals surface area contributed by atoms with Gasteiger partial charge in [0.05, 0.1) is 6.21 Å². The fourth-order valence-corrected chi connectivity index (χ4v) is 2.90. The lowest BCUT2D eigenvalue weighted by Crippen LogP contribution is -2.45. The molecule has 1 aromatic carbocycles. The number of benzene rings is 1. The van der Waals surface area contributed by atoms with Crippen LogP contribution in [0, 0.1) is 5.82 Å². The van der Waals surface area contributed by atoms with Crippen molar-refractivity contribution >= 4 is 17.8 Å². The number of amides is 1. The third-order valence-electron chi connectivity index (χ3n) is 4.18. The quantitative estimate of drug-likeness (QED) is 0.672. The Bertz CT molecular complexity index is 595. The number of nitrogens with zero attached hydrogens (tertiary/aromatic N) is 2. The molecule has 0 fully saturated rings. The van der Waals surface area contributed by atoms with Gasteiger partial charge in [0.25, 0.3) is 0 Å². The smallest absolute Gasteiger partial charge is 0.236 e. The van der Waals surface area contributed by atoms with Crippen molar-refractivity contribution in [2.75, 3.05) is 11.9 Å². The maximum absolute atomic E-state index is 14.2. The van der Waals surface area contributed by atoms with E-state index >= 15 is 0 Å². The second-order valence-corrected chi connectivity index (χ2v) is 6.34. The summed E-state index contributed by atoms with van der Waals surface area (Å²) in [6, 6.07) is 3.38. The maximum Gasteiger partial charge on any atom is 0.236 e. The molecule has 0 bridgehead atoms. The molecule has 1 N–H and O–H groups in total. The highest BCUT2D eigenvalue weighted by Gasteiger charge is 2.34. The Balaban J connectivity index is 2.41. The van der Waals surface area contributed by atoms with Gasteiger partial charge >= 0.3 is 0 Å². The van der Waals surface area contributed by atoms with Crippen LogP contribution >= 0.6 is 0 Å². The van der Waals surface area contributed by atoms with E-state index in [1.54, 1.807) is 6.07 Å². The van der Waals surface area contributed by atoms with Crippen molar-refractivity contribution in [3.05, 3.63) is 29.1 Å². The Hall–Kier alpha value is -1.91. The highest BCUT2D eigenvalue weighted by atomic mass is 19.1. The molecule has 1 aromatic rings. The Kier molecular flexibility index (Phi) is 4.03. The summed E-state index contributed by atoms with van der Waals surface area (Å²) in [5.74, 6) is -0.265. The number of fused-ring (bicyclic) bond motifs is 1. The van der Waals surface area contributed by atoms with Crippen LogP contribution < -0.4 is 10.3 Å². The topological polar surface area (TPSA) is 44.7 Å². The lowest BCUT2D eigenvalue weighted by Gasteiger charge is -2.45. The average molecular weight is 291 g/mol. The molecule has 0 saturated heterocycles. The van der Waals surface area contributed by atoms with Crippen LogP contribution in [0.3, 0.4) is 0 Å². The zero-order valence-electron chi connectivity index (χ0n) is 13.2. The third kappa shape index (κ3) is 3.06. The molecular formula is C16H22FN3O. The lowest BCUT2D eigenvalue weighted by atomic mass is 9.80. The van der Waals surface area contributed by atoms with Gasteiger partial charge in [-0.2, -0.15) is 5.10 Å². The molecule has 4 nitrogen and oxygen atoms in total. The average Bonchev–Trinajstić information content (AvgIpc) is 2.36. The Morgan fingerprint density at radius 1 is 1.52 bits per heavy atom. The van der Waals surface area contributed by atoms with E-state index in [0.717, 1.165) is 17.7 Å². The van der Waals surface area contributed by atoms with Crippen LogP contribution in [-0.4, -0.2) is 24.7 Å². The second-order valence-electron chi connectivity index (χ2n) is 6.34. The molecule has 1 aliphatic rings. The molecule has 0 aliphatic carbocycles. The summed E-state index contributed by atoms with van der Waals surface area (Å²) >= 11 is 0. The van der Waals surface area contributed by atoms with E-state index in [9.17, 15) is 9.18 Å². The van der Waals surface area contributed by atoms with Crippen molar-refractivity contribution in [3.8, 4) is 0 Å². The summed E-state index contributed by atoms with van der Waals surface area (Å²) < 4.78 is 14.2. The van der Waals surface area contributed by atoms with Crippen LogP contribution in [0.2, 0.25) is 0 Å². The van der Waals surface area contributed by atoms with E-state index in [-0.39, 0.29) is 17.3 Å². The number of rotatable bonds is 2. The van der Waals surface area contributed by atoms with Crippen molar-refractivity contribution in [3.63, 3.8) is 0 Å². The van der Waals surface area contributed by atoms with Gasteiger partial charge in [0.1, 0.15) is 5.82 Å². The van der Waals surface area contributed by atoms with Gasteiger partial charge in [-0.15, -0.1) is 0 Å². The largest absolute Gasteiger partial charge is 0.369 e. The summed E-state index contributed by atoms with van der Waals surface area (Å²) in [6.07, 6.45) is 2.36. The third-order valence-corrected chi connectivity index (χ3v) is 4.18. The fourth-order valence-electron chi connectivity index (χ4n) is 2.90. The molecule has 0 aromatic heterocycles. The van der Waals surface area contributed by atoms with Crippen LogP contribution in [0.15, 0.2) is 17.2 Å². The lowest BCUT2D eigenvalue weighted by molar-refractivity contribution is -0.118. The van der Waals surface area contributed by atoms with Gasteiger partial charge in [0, 0.05) is 30.8 Å². The molecule has 0 saturated carbocycles. The van der Waals surface area contributed by atoms with Crippen molar-refractivity contribution in [2.24, 2.45) is 5.10 Å². The van der Waals surface area contributed by atoms with E-state index < -0.39 is 0 Å². The molecule has 1 aliphatic heterocycles. The number of hydrazone groups is 1. The highest BCUT2D eigenvalue weighted by molar-refractivity contribution is 5.83. The predicted octanol–water partition coefficient (Wildman–Crippen LogP) is 3.02. The predicted molar refractivity (Wildman–Crippen MR) is 83.3 cm³/mol. The van der Waals surface area contributed by atoms with Gasteiger partial charge in [-0.1, -0.05) is 6.92 Å². The summed E-state index contributed by atoms with van der Waals surface area (Å²) in [5, 5.41) is 3.75. The highest BCUT2D eigenvalue weighted by Crippen LogP contribution is 2.43. The molecule has 114 valence electrons. The van der Waals surface area contributed by atoms with Crippen LogP contribution in [0.5, 0.6) is 0 Å². The molecule has 1 atom stereocenters. The number of carbonyl (C=O) groups is 1. The standard InChI is InChI=1S/C16H22FN3O/c1-10-8-16(3,4)20(5)15-7-14(17)12(6-13(10)15)9-18-19-11(2)21/h6-7,9-10H,8H2,1-5H3,(H,19,21)/b18-9-. The minimum atomic E-state index is -0.334. The van der Waals surface area contributed by atoms with Crippen molar-refractivity contribution in [2.45, 2.75) is 45.6 Å². The zero-order valence-corrected chi connectivity index (χ0v) is 13.2. The zero-order chi connectivity index (χ0) is 15.8. The first kappa shape index (κ1) is 15.5. The first-order valence-electron chi connectivity index (χ1n) is 7.09. The minimum absolute atomic E-state index is 0.00461. The molecule has 5 heteroatoms. The first-order valence-corrected chi connectivity index (χ1v) is 7.09. The SMILES string of the molecule is CC(=O)N/N=C\c1cc2c(cc1F)N(C)C(C)(C)CC2C. The minimum Gasteiger partial charge on any atom is -0.369 e. The van der Waals surface area contributed by atoms with Gasteiger partial charge in [0.15, 0.2) is 0 Å². The number of halogens is 1. The fraction of sp³-hybridized carbons (Fsp3) is 0.500. The van der Waals surface area contributed by atoms with E-state index in [1.807, 2.05) is 13.1 Å². The summed E-state index contributed by atoms with van der Waals surface area (Å²) in [5.41, 5.74) is 4.72. The summed E-state index contributed by atoms with van der Waals surface area (Å²) in [6.45, 7) is 7.84. The Morgan fingerprint density at radius 3 is 2.81 bits per heavy atom. The monoisotopic (exact) mass is 291 g/mol. The second kappa shape index (κ2) is 5.47. The molecule has 1 unspecified atom stereocenters. The summed E-state index contributed by atoms with van der Waals surface area (Å²) in [7, 11) is 2.00. The van der Waals surface area contributed by atoms with E-state index in [1.165, 1.54) is 13.1 Å². The first-order chi connectivity index (χ1) is 9.72. The molecule has 0 spiro atoms. The van der Waals surface area contributed by atoms with Crippen molar-refractivity contribution in [1.29, 1.82) is 0 Å². The summed E-state index contributed by atoms with van der Waals surface area (Å²) in [4.78, 5) is 12.9. The van der Waals surface area contributed by atoms with Gasteiger partial charge in [-0.05, 0) is 43.9 Å². The molecule has 2 rings (SSSR count). The van der Waals surface area contributed by atoms with E-state index in [4.69, 9.17) is 0 Å². The Labute approximate surface area is 125 Å². The number of nitrogens with one attached hydrogen (secondary N) is 1. The van der Waals surface area contributed by atoms with Gasteiger partial charge in [-0.25, -0.2) is 9.82 Å².